The molecule has 1 aromatic carbocycles. The third kappa shape index (κ3) is 3.10. The Morgan fingerprint density at radius 1 is 1.25 bits per heavy atom. The average molecular weight is 357 g/mol. The first kappa shape index (κ1) is 14.8. The average Bonchev–Trinajstić information content (AvgIpc) is 2.42. The topological polar surface area (TPSA) is 68.3 Å². The first-order valence-electron chi connectivity index (χ1n) is 5.73. The summed E-state index contributed by atoms with van der Waals surface area (Å²) >= 11 is 3.28. The van der Waals surface area contributed by atoms with Crippen LogP contribution in [0.3, 0.4) is 0 Å². The van der Waals surface area contributed by atoms with Crippen molar-refractivity contribution in [2.75, 3.05) is 11.8 Å². The summed E-state index contributed by atoms with van der Waals surface area (Å²) in [6, 6.07) is 10.1. The number of aromatic nitrogens is 1. The predicted octanol–water partition coefficient (Wildman–Crippen LogP) is 2.96. The lowest BCUT2D eigenvalue weighted by atomic mass is 10.3. The zero-order chi connectivity index (χ0) is 14.8. The van der Waals surface area contributed by atoms with E-state index < -0.39 is 10.0 Å². The molecule has 0 spiro atoms. The van der Waals surface area contributed by atoms with Gasteiger partial charge in [-0.3, -0.25) is 4.72 Å². The van der Waals surface area contributed by atoms with E-state index in [1.807, 2.05) is 6.07 Å². The van der Waals surface area contributed by atoms with E-state index in [2.05, 4.69) is 25.6 Å². The summed E-state index contributed by atoms with van der Waals surface area (Å²) in [6.45, 7) is 1.76. The Morgan fingerprint density at radius 2 is 1.90 bits per heavy atom. The van der Waals surface area contributed by atoms with Crippen LogP contribution in [0.25, 0.3) is 0 Å². The van der Waals surface area contributed by atoms with Gasteiger partial charge in [0, 0.05) is 10.2 Å². The van der Waals surface area contributed by atoms with Gasteiger partial charge in [-0.1, -0.05) is 18.2 Å². The Bertz CT molecular complexity index is 718. The summed E-state index contributed by atoms with van der Waals surface area (Å²) in [4.78, 5) is 4.10. The number of methoxy groups -OCH3 is 1. The van der Waals surface area contributed by atoms with Gasteiger partial charge in [-0.25, -0.2) is 13.4 Å². The maximum Gasteiger partial charge on any atom is 0.267 e. The Balaban J connectivity index is 2.47. The van der Waals surface area contributed by atoms with Crippen molar-refractivity contribution in [3.8, 4) is 5.88 Å². The molecular weight excluding hydrogens is 344 g/mol. The smallest absolute Gasteiger partial charge is 0.267 e. The number of para-hydroxylation sites is 1. The van der Waals surface area contributed by atoms with Crippen molar-refractivity contribution in [2.24, 2.45) is 0 Å². The summed E-state index contributed by atoms with van der Waals surface area (Å²) < 4.78 is 32.9. The van der Waals surface area contributed by atoms with Crippen LogP contribution in [0.5, 0.6) is 5.88 Å². The van der Waals surface area contributed by atoms with Gasteiger partial charge in [-0.15, -0.1) is 0 Å². The monoisotopic (exact) mass is 356 g/mol. The van der Waals surface area contributed by atoms with Crippen LogP contribution in [0.2, 0.25) is 0 Å². The van der Waals surface area contributed by atoms with E-state index in [9.17, 15) is 8.42 Å². The molecule has 1 aromatic heterocycles. The Morgan fingerprint density at radius 3 is 2.50 bits per heavy atom. The molecule has 1 N–H and O–H groups in total. The molecule has 0 aliphatic carbocycles. The second-order valence-electron chi connectivity index (χ2n) is 4.03. The predicted molar refractivity (Wildman–Crippen MR) is 80.5 cm³/mol. The highest BCUT2D eigenvalue weighted by atomic mass is 79.9. The van der Waals surface area contributed by atoms with E-state index in [0.717, 1.165) is 0 Å². The number of anilines is 1. The zero-order valence-electron chi connectivity index (χ0n) is 10.9. The Kier molecular flexibility index (Phi) is 4.29. The fraction of sp³-hybridized carbons (Fsp3) is 0.154. The number of nitrogens with zero attached hydrogens (tertiary/aromatic N) is 1. The van der Waals surface area contributed by atoms with Gasteiger partial charge in [0.05, 0.1) is 12.8 Å². The minimum absolute atomic E-state index is 0.0127. The van der Waals surface area contributed by atoms with Crippen molar-refractivity contribution in [2.45, 2.75) is 11.8 Å². The SMILES string of the molecule is COc1nc(C)c(Br)cc1S(=O)(=O)Nc1ccccc1. The van der Waals surface area contributed by atoms with E-state index >= 15 is 0 Å². The van der Waals surface area contributed by atoms with Gasteiger partial charge in [-0.05, 0) is 41.1 Å². The molecule has 0 radical (unpaired) electrons. The highest BCUT2D eigenvalue weighted by molar-refractivity contribution is 9.10. The molecule has 7 heteroatoms. The molecular formula is C13H13BrN2O3S. The summed E-state index contributed by atoms with van der Waals surface area (Å²) in [7, 11) is -2.38. The molecule has 0 saturated heterocycles. The molecule has 1 heterocycles. The fourth-order valence-corrected chi connectivity index (χ4v) is 3.25. The molecule has 2 aromatic rings. The summed E-state index contributed by atoms with van der Waals surface area (Å²) in [5.41, 5.74) is 1.13. The molecule has 0 aliphatic heterocycles. The lowest BCUT2D eigenvalue weighted by Crippen LogP contribution is -2.15. The largest absolute Gasteiger partial charge is 0.480 e. The van der Waals surface area contributed by atoms with E-state index in [1.165, 1.54) is 13.2 Å². The van der Waals surface area contributed by atoms with Crippen LogP contribution in [0.15, 0.2) is 45.8 Å². The van der Waals surface area contributed by atoms with Gasteiger partial charge in [0.15, 0.2) is 4.90 Å². The summed E-state index contributed by atoms with van der Waals surface area (Å²) in [5.74, 6) is 0.0640. The number of rotatable bonds is 4. The van der Waals surface area contributed by atoms with Crippen LogP contribution in [-0.2, 0) is 10.0 Å². The number of pyridine rings is 1. The van der Waals surface area contributed by atoms with Gasteiger partial charge in [0.1, 0.15) is 0 Å². The van der Waals surface area contributed by atoms with Gasteiger partial charge in [-0.2, -0.15) is 0 Å². The van der Waals surface area contributed by atoms with Crippen molar-refractivity contribution < 1.29 is 13.2 Å². The minimum Gasteiger partial charge on any atom is -0.480 e. The van der Waals surface area contributed by atoms with Gasteiger partial charge < -0.3 is 4.74 Å². The molecule has 20 heavy (non-hydrogen) atoms. The number of benzene rings is 1. The van der Waals surface area contributed by atoms with Crippen molar-refractivity contribution in [3.63, 3.8) is 0 Å². The van der Waals surface area contributed by atoms with Crippen LogP contribution in [-0.4, -0.2) is 20.5 Å². The molecule has 0 saturated carbocycles. The van der Waals surface area contributed by atoms with E-state index in [-0.39, 0.29) is 10.8 Å². The van der Waals surface area contributed by atoms with Crippen LogP contribution in [0.4, 0.5) is 5.69 Å². The zero-order valence-corrected chi connectivity index (χ0v) is 13.3. The molecule has 0 atom stereocenters. The highest BCUT2D eigenvalue weighted by Gasteiger charge is 2.22. The second kappa shape index (κ2) is 5.80. The molecule has 0 unspecified atom stereocenters. The number of halogens is 1. The van der Waals surface area contributed by atoms with Gasteiger partial charge >= 0.3 is 0 Å². The van der Waals surface area contributed by atoms with Crippen molar-refractivity contribution in [1.82, 2.24) is 4.98 Å². The quantitative estimate of drug-likeness (QED) is 0.914. The maximum absolute atomic E-state index is 12.4. The maximum atomic E-state index is 12.4. The molecule has 0 fully saturated rings. The van der Waals surface area contributed by atoms with Crippen molar-refractivity contribution in [3.05, 3.63) is 46.6 Å². The van der Waals surface area contributed by atoms with E-state index in [0.29, 0.717) is 15.9 Å². The highest BCUT2D eigenvalue weighted by Crippen LogP contribution is 2.28. The van der Waals surface area contributed by atoms with Gasteiger partial charge in [0.25, 0.3) is 10.0 Å². The fourth-order valence-electron chi connectivity index (χ4n) is 1.60. The Labute approximate surface area is 126 Å². The molecule has 0 amide bonds. The van der Waals surface area contributed by atoms with E-state index in [1.54, 1.807) is 31.2 Å². The van der Waals surface area contributed by atoms with Crippen molar-refractivity contribution >= 4 is 31.6 Å². The first-order chi connectivity index (χ1) is 9.44. The van der Waals surface area contributed by atoms with Crippen molar-refractivity contribution in [1.29, 1.82) is 0 Å². The normalized spacial score (nSPS) is 11.2. The first-order valence-corrected chi connectivity index (χ1v) is 8.00. The molecule has 2 rings (SSSR count). The molecule has 106 valence electrons. The summed E-state index contributed by atoms with van der Waals surface area (Å²) in [6.07, 6.45) is 0. The standard InChI is InChI=1S/C13H13BrN2O3S/c1-9-11(14)8-12(13(15-9)19-2)20(17,18)16-10-6-4-3-5-7-10/h3-8,16H,1-2H3. The van der Waals surface area contributed by atoms with Crippen LogP contribution >= 0.6 is 15.9 Å². The molecule has 0 aliphatic rings. The number of hydrogen-bond donors (Lipinski definition) is 1. The lowest BCUT2D eigenvalue weighted by molar-refractivity contribution is 0.384. The minimum atomic E-state index is -3.76. The number of ether oxygens (including phenoxy) is 1. The second-order valence-corrected chi connectivity index (χ2v) is 6.54. The van der Waals surface area contributed by atoms with E-state index in [4.69, 9.17) is 4.74 Å². The number of hydrogen-bond acceptors (Lipinski definition) is 4. The molecule has 0 bridgehead atoms. The number of aryl methyl sites for hydroxylation is 1. The van der Waals surface area contributed by atoms with Crippen LogP contribution in [0, 0.1) is 6.92 Å². The van der Waals surface area contributed by atoms with Gasteiger partial charge in [0.2, 0.25) is 5.88 Å². The third-order valence-electron chi connectivity index (χ3n) is 2.59. The number of sulfonamides is 1. The third-order valence-corrected chi connectivity index (χ3v) is 4.77. The lowest BCUT2D eigenvalue weighted by Gasteiger charge is -2.12. The summed E-state index contributed by atoms with van der Waals surface area (Å²) in [5, 5.41) is 0. The van der Waals surface area contributed by atoms with Crippen LogP contribution < -0.4 is 9.46 Å². The van der Waals surface area contributed by atoms with Crippen LogP contribution in [0.1, 0.15) is 5.69 Å². The number of nitrogens with one attached hydrogen (secondary N) is 1. The molecule has 5 nitrogen and oxygen atoms in total. The Hall–Kier alpha value is -1.60.